The highest BCUT2D eigenvalue weighted by atomic mass is 32.1. The lowest BCUT2D eigenvalue weighted by Gasteiger charge is -2.17. The van der Waals surface area contributed by atoms with Gasteiger partial charge in [-0.15, -0.1) is 11.3 Å². The predicted molar refractivity (Wildman–Crippen MR) is 172 cm³/mol. The lowest BCUT2D eigenvalue weighted by atomic mass is 9.86. The van der Waals surface area contributed by atoms with E-state index in [4.69, 9.17) is 0 Å². The van der Waals surface area contributed by atoms with Crippen molar-refractivity contribution in [1.29, 1.82) is 0 Å². The van der Waals surface area contributed by atoms with Gasteiger partial charge in [0, 0.05) is 20.2 Å². The van der Waals surface area contributed by atoms with E-state index in [0.717, 1.165) is 0 Å². The molecule has 0 aliphatic rings. The first-order chi connectivity index (χ1) is 19.4. The number of hydrogen-bond acceptors (Lipinski definition) is 1. The zero-order valence-corrected chi connectivity index (χ0v) is 21.9. The smallest absolute Gasteiger partial charge is 0.0361 e. The van der Waals surface area contributed by atoms with E-state index in [1.807, 2.05) is 11.3 Å². The summed E-state index contributed by atoms with van der Waals surface area (Å²) in [7, 11) is 0. The Morgan fingerprint density at radius 2 is 0.795 bits per heavy atom. The van der Waals surface area contributed by atoms with Crippen LogP contribution < -0.4 is 0 Å². The Kier molecular flexibility index (Phi) is 4.30. The molecule has 39 heavy (non-hydrogen) atoms. The molecule has 8 aromatic carbocycles. The van der Waals surface area contributed by atoms with Gasteiger partial charge in [0.2, 0.25) is 0 Å². The third-order valence-corrected chi connectivity index (χ3v) is 9.56. The van der Waals surface area contributed by atoms with Crippen molar-refractivity contribution in [3.05, 3.63) is 133 Å². The summed E-state index contributed by atoms with van der Waals surface area (Å²) in [6.45, 7) is 0. The summed E-state index contributed by atoms with van der Waals surface area (Å²) < 4.78 is 2.69. The molecule has 0 saturated carbocycles. The lowest BCUT2D eigenvalue weighted by Crippen LogP contribution is -1.89. The second kappa shape index (κ2) is 7.89. The third-order valence-electron chi connectivity index (χ3n) is 8.42. The van der Waals surface area contributed by atoms with E-state index < -0.39 is 0 Å². The molecule has 0 bridgehead atoms. The van der Waals surface area contributed by atoms with Gasteiger partial charge >= 0.3 is 0 Å². The fourth-order valence-electron chi connectivity index (χ4n) is 6.80. The van der Waals surface area contributed by atoms with Crippen LogP contribution >= 0.6 is 11.3 Å². The molecule has 0 saturated heterocycles. The number of benzene rings is 8. The van der Waals surface area contributed by atoms with Crippen LogP contribution in [0, 0.1) is 0 Å². The van der Waals surface area contributed by atoms with Crippen LogP contribution in [0.4, 0.5) is 0 Å². The molecule has 0 fully saturated rings. The normalized spacial score (nSPS) is 12.1. The van der Waals surface area contributed by atoms with Crippen molar-refractivity contribution in [3.8, 4) is 11.1 Å². The summed E-state index contributed by atoms with van der Waals surface area (Å²) in [6, 6.07) is 49.4. The molecule has 0 spiro atoms. The first-order valence-electron chi connectivity index (χ1n) is 13.4. The second-order valence-corrected chi connectivity index (χ2v) is 11.5. The Hall–Kier alpha value is -4.72. The van der Waals surface area contributed by atoms with Crippen molar-refractivity contribution < 1.29 is 0 Å². The molecule has 1 aromatic heterocycles. The van der Waals surface area contributed by atoms with Crippen molar-refractivity contribution >= 4 is 85.4 Å². The Bertz CT molecular complexity index is 2440. The fraction of sp³-hybridized carbons (Fsp3) is 0. The maximum Gasteiger partial charge on any atom is 0.0361 e. The van der Waals surface area contributed by atoms with E-state index in [1.54, 1.807) is 0 Å². The Morgan fingerprint density at radius 3 is 1.44 bits per heavy atom. The van der Waals surface area contributed by atoms with Crippen LogP contribution in [0.15, 0.2) is 133 Å². The molecule has 0 amide bonds. The molecule has 0 unspecified atom stereocenters. The van der Waals surface area contributed by atoms with Gasteiger partial charge in [0.25, 0.3) is 0 Å². The van der Waals surface area contributed by atoms with E-state index in [-0.39, 0.29) is 0 Å². The number of hydrogen-bond donors (Lipinski definition) is 0. The first-order valence-corrected chi connectivity index (χ1v) is 14.3. The van der Waals surface area contributed by atoms with Crippen LogP contribution in [-0.4, -0.2) is 0 Å². The standard InChI is InChI=1S/C38H22S/c1-4-13-28-25(10-1)26-11-2-5-14-29(26)38-31-21-20-23(22-33(31)27-12-3-6-15-30(27)37(28)38)24-17-9-19-35-36(24)32-16-7-8-18-34(32)39-35/h1-22H. The second-order valence-electron chi connectivity index (χ2n) is 10.4. The monoisotopic (exact) mass is 510 g/mol. The molecule has 9 aromatic rings. The maximum absolute atomic E-state index is 2.43. The highest BCUT2D eigenvalue weighted by molar-refractivity contribution is 7.25. The molecular weight excluding hydrogens is 488 g/mol. The summed E-state index contributed by atoms with van der Waals surface area (Å²) in [5, 5.41) is 15.9. The van der Waals surface area contributed by atoms with Crippen LogP contribution in [0.25, 0.3) is 85.2 Å². The van der Waals surface area contributed by atoms with E-state index in [0.29, 0.717) is 0 Å². The maximum atomic E-state index is 2.43. The highest BCUT2D eigenvalue weighted by Crippen LogP contribution is 2.46. The van der Waals surface area contributed by atoms with Gasteiger partial charge in [0.05, 0.1) is 0 Å². The molecule has 9 rings (SSSR count). The van der Waals surface area contributed by atoms with E-state index in [2.05, 4.69) is 133 Å². The number of rotatable bonds is 1. The predicted octanol–water partition coefficient (Wildman–Crippen LogP) is 11.5. The van der Waals surface area contributed by atoms with Crippen molar-refractivity contribution in [1.82, 2.24) is 0 Å². The van der Waals surface area contributed by atoms with E-state index in [1.165, 1.54) is 85.2 Å². The van der Waals surface area contributed by atoms with Gasteiger partial charge in [-0.3, -0.25) is 0 Å². The fourth-order valence-corrected chi connectivity index (χ4v) is 7.94. The minimum Gasteiger partial charge on any atom is -0.135 e. The van der Waals surface area contributed by atoms with Crippen LogP contribution in [0.5, 0.6) is 0 Å². The van der Waals surface area contributed by atoms with Gasteiger partial charge in [-0.1, -0.05) is 115 Å². The molecule has 180 valence electrons. The van der Waals surface area contributed by atoms with Gasteiger partial charge < -0.3 is 0 Å². The average molecular weight is 511 g/mol. The first kappa shape index (κ1) is 21.2. The van der Waals surface area contributed by atoms with Crippen molar-refractivity contribution in [2.45, 2.75) is 0 Å². The molecule has 0 aliphatic heterocycles. The van der Waals surface area contributed by atoms with Crippen LogP contribution in [0.2, 0.25) is 0 Å². The number of thiophene rings is 1. The van der Waals surface area contributed by atoms with Gasteiger partial charge in [-0.2, -0.15) is 0 Å². The summed E-state index contributed by atoms with van der Waals surface area (Å²) in [5.41, 5.74) is 2.57. The molecular formula is C38H22S. The van der Waals surface area contributed by atoms with E-state index in [9.17, 15) is 0 Å². The molecule has 0 N–H and O–H groups in total. The number of fused-ring (bicyclic) bond motifs is 14. The van der Waals surface area contributed by atoms with Crippen molar-refractivity contribution in [3.63, 3.8) is 0 Å². The summed E-state index contributed by atoms with van der Waals surface area (Å²) in [5.74, 6) is 0. The molecule has 0 atom stereocenters. The minimum atomic E-state index is 1.27. The molecule has 1 heteroatoms. The van der Waals surface area contributed by atoms with Gasteiger partial charge in [-0.05, 0) is 83.2 Å². The van der Waals surface area contributed by atoms with Gasteiger partial charge in [-0.25, -0.2) is 0 Å². The van der Waals surface area contributed by atoms with Crippen LogP contribution in [-0.2, 0) is 0 Å². The molecule has 0 aliphatic carbocycles. The summed E-state index contributed by atoms with van der Waals surface area (Å²) in [6.07, 6.45) is 0. The van der Waals surface area contributed by atoms with Crippen LogP contribution in [0.3, 0.4) is 0 Å². The summed E-state index contributed by atoms with van der Waals surface area (Å²) in [4.78, 5) is 0. The zero-order valence-electron chi connectivity index (χ0n) is 21.1. The van der Waals surface area contributed by atoms with Crippen molar-refractivity contribution in [2.75, 3.05) is 0 Å². The quantitative estimate of drug-likeness (QED) is 0.193. The zero-order chi connectivity index (χ0) is 25.5. The van der Waals surface area contributed by atoms with Crippen LogP contribution in [0.1, 0.15) is 0 Å². The Labute approximate surface area is 229 Å². The summed E-state index contributed by atoms with van der Waals surface area (Å²) >= 11 is 1.88. The highest BCUT2D eigenvalue weighted by Gasteiger charge is 2.17. The SMILES string of the molecule is c1ccc2c(c1)sc1cccc(-c3ccc4c(c3)c3ccccc3c3c5ccccc5c5ccccc5c43)c12. The minimum absolute atomic E-state index is 1.27. The van der Waals surface area contributed by atoms with Gasteiger partial charge in [0.1, 0.15) is 0 Å². The molecule has 0 radical (unpaired) electrons. The third kappa shape index (κ3) is 2.88. The molecule has 0 nitrogen and oxygen atoms in total. The molecule has 1 heterocycles. The largest absolute Gasteiger partial charge is 0.135 e. The topological polar surface area (TPSA) is 0 Å². The van der Waals surface area contributed by atoms with Crippen molar-refractivity contribution in [2.24, 2.45) is 0 Å². The average Bonchev–Trinajstić information content (AvgIpc) is 3.39. The Morgan fingerprint density at radius 1 is 0.308 bits per heavy atom. The Balaban J connectivity index is 1.49. The van der Waals surface area contributed by atoms with Gasteiger partial charge in [0.15, 0.2) is 0 Å². The van der Waals surface area contributed by atoms with E-state index >= 15 is 0 Å². The lowest BCUT2D eigenvalue weighted by molar-refractivity contribution is 1.73.